The zero-order valence-electron chi connectivity index (χ0n) is 8.64. The molecule has 0 heterocycles. The molecule has 0 radical (unpaired) electrons. The van der Waals surface area contributed by atoms with Gasteiger partial charge in [0.2, 0.25) is 0 Å². The number of rotatable bonds is 1. The summed E-state index contributed by atoms with van der Waals surface area (Å²) in [4.78, 5) is 11.3. The minimum Gasteiger partial charge on any atom is -0.300 e. The number of carbonyl (C=O) groups excluding carboxylic acids is 1. The molecule has 2 fully saturated rings. The summed E-state index contributed by atoms with van der Waals surface area (Å²) in [7, 11) is 0. The van der Waals surface area contributed by atoms with Crippen molar-refractivity contribution in [2.75, 3.05) is 0 Å². The predicted octanol–water partition coefficient (Wildman–Crippen LogP) is 3.33. The number of ketones is 1. The molecule has 0 aromatic heterocycles. The Balaban J connectivity index is 2.02. The molecule has 0 aromatic rings. The van der Waals surface area contributed by atoms with Crippen LogP contribution >= 0.6 is 0 Å². The van der Waals surface area contributed by atoms with Crippen molar-refractivity contribution in [2.24, 2.45) is 11.3 Å². The quantitative estimate of drug-likeness (QED) is 0.605. The summed E-state index contributed by atoms with van der Waals surface area (Å²) in [5.41, 5.74) is 0.606. The van der Waals surface area contributed by atoms with Crippen molar-refractivity contribution in [3.05, 3.63) is 0 Å². The second kappa shape index (κ2) is 3.43. The van der Waals surface area contributed by atoms with E-state index in [4.69, 9.17) is 0 Å². The molecule has 1 spiro atoms. The van der Waals surface area contributed by atoms with E-state index in [0.29, 0.717) is 17.1 Å². The van der Waals surface area contributed by atoms with E-state index in [-0.39, 0.29) is 0 Å². The fraction of sp³-hybridized carbons (Fsp3) is 0.917. The Bertz CT molecular complexity index is 201. The number of hydrogen-bond acceptors (Lipinski definition) is 1. The van der Waals surface area contributed by atoms with Crippen LogP contribution in [0.1, 0.15) is 58.3 Å². The maximum Gasteiger partial charge on any atom is 0.132 e. The zero-order valence-corrected chi connectivity index (χ0v) is 8.64. The van der Waals surface area contributed by atoms with Crippen LogP contribution in [0.2, 0.25) is 0 Å². The van der Waals surface area contributed by atoms with Crippen molar-refractivity contribution in [1.82, 2.24) is 0 Å². The van der Waals surface area contributed by atoms with Gasteiger partial charge in [0.15, 0.2) is 0 Å². The molecule has 2 aliphatic rings. The molecule has 0 aliphatic heterocycles. The van der Waals surface area contributed by atoms with Gasteiger partial charge in [0, 0.05) is 5.92 Å². The lowest BCUT2D eigenvalue weighted by Gasteiger charge is -2.37. The first-order chi connectivity index (χ1) is 6.22. The Kier molecular flexibility index (Phi) is 2.44. The van der Waals surface area contributed by atoms with Gasteiger partial charge in [-0.05, 0) is 44.4 Å². The maximum atomic E-state index is 11.3. The Morgan fingerprint density at radius 2 is 1.77 bits per heavy atom. The van der Waals surface area contributed by atoms with Gasteiger partial charge in [-0.3, -0.25) is 4.79 Å². The highest BCUT2D eigenvalue weighted by molar-refractivity contribution is 5.78. The van der Waals surface area contributed by atoms with E-state index in [9.17, 15) is 4.79 Å². The van der Waals surface area contributed by atoms with Crippen LogP contribution in [0.5, 0.6) is 0 Å². The van der Waals surface area contributed by atoms with Gasteiger partial charge in [0.25, 0.3) is 0 Å². The normalized spacial score (nSPS) is 32.2. The van der Waals surface area contributed by atoms with Crippen LogP contribution in [0.25, 0.3) is 0 Å². The third-order valence-electron chi connectivity index (χ3n) is 4.18. The highest BCUT2D eigenvalue weighted by Crippen LogP contribution is 2.50. The highest BCUT2D eigenvalue weighted by atomic mass is 16.1. The third-order valence-corrected chi connectivity index (χ3v) is 4.18. The Morgan fingerprint density at radius 1 is 1.15 bits per heavy atom. The van der Waals surface area contributed by atoms with E-state index in [0.717, 1.165) is 6.42 Å². The van der Waals surface area contributed by atoms with E-state index >= 15 is 0 Å². The monoisotopic (exact) mass is 180 g/mol. The standard InChI is InChI=1S/C12H20O/c1-10(13)11-5-4-8-12(9-11)6-2-3-7-12/h11H,2-9H2,1H3. The molecule has 2 aliphatic carbocycles. The average molecular weight is 180 g/mol. The molecule has 1 atom stereocenters. The van der Waals surface area contributed by atoms with E-state index < -0.39 is 0 Å². The van der Waals surface area contributed by atoms with Crippen molar-refractivity contribution >= 4 is 5.78 Å². The fourth-order valence-corrected chi connectivity index (χ4v) is 3.38. The molecule has 2 saturated carbocycles. The van der Waals surface area contributed by atoms with Gasteiger partial charge in [0.05, 0.1) is 0 Å². The van der Waals surface area contributed by atoms with Crippen molar-refractivity contribution in [3.8, 4) is 0 Å². The lowest BCUT2D eigenvalue weighted by Crippen LogP contribution is -2.29. The zero-order chi connectivity index (χ0) is 9.31. The summed E-state index contributed by atoms with van der Waals surface area (Å²) >= 11 is 0. The minimum absolute atomic E-state index is 0.409. The molecular formula is C12H20O. The van der Waals surface area contributed by atoms with E-state index in [1.165, 1.54) is 44.9 Å². The summed E-state index contributed by atoms with van der Waals surface area (Å²) in [5, 5.41) is 0. The number of hydrogen-bond donors (Lipinski definition) is 0. The molecular weight excluding hydrogens is 160 g/mol. The SMILES string of the molecule is CC(=O)C1CCCC2(CCCC2)C1. The van der Waals surface area contributed by atoms with Crippen LogP contribution in [-0.2, 0) is 4.79 Å². The lowest BCUT2D eigenvalue weighted by molar-refractivity contribution is -0.123. The second-order valence-corrected chi connectivity index (χ2v) is 5.11. The second-order valence-electron chi connectivity index (χ2n) is 5.11. The first kappa shape index (κ1) is 9.23. The van der Waals surface area contributed by atoms with E-state index in [1.54, 1.807) is 6.92 Å². The summed E-state index contributed by atoms with van der Waals surface area (Å²) in [6.45, 7) is 1.78. The molecule has 1 unspecified atom stereocenters. The molecule has 0 aromatic carbocycles. The van der Waals surface area contributed by atoms with Crippen LogP contribution < -0.4 is 0 Å². The van der Waals surface area contributed by atoms with Crippen LogP contribution in [0.3, 0.4) is 0 Å². The summed E-state index contributed by atoms with van der Waals surface area (Å²) in [5.74, 6) is 0.845. The molecule has 0 N–H and O–H groups in total. The fourth-order valence-electron chi connectivity index (χ4n) is 3.38. The average Bonchev–Trinajstić information content (AvgIpc) is 2.53. The first-order valence-corrected chi connectivity index (χ1v) is 5.72. The first-order valence-electron chi connectivity index (χ1n) is 5.72. The van der Waals surface area contributed by atoms with Crippen LogP contribution in [-0.4, -0.2) is 5.78 Å². The smallest absolute Gasteiger partial charge is 0.132 e. The minimum atomic E-state index is 0.409. The summed E-state index contributed by atoms with van der Waals surface area (Å²) < 4.78 is 0. The summed E-state index contributed by atoms with van der Waals surface area (Å²) in [6.07, 6.45) is 10.7. The number of carbonyl (C=O) groups is 1. The Labute approximate surface area is 80.9 Å². The molecule has 0 bridgehead atoms. The Hall–Kier alpha value is -0.330. The van der Waals surface area contributed by atoms with Crippen molar-refractivity contribution in [1.29, 1.82) is 0 Å². The van der Waals surface area contributed by atoms with E-state index in [1.807, 2.05) is 0 Å². The van der Waals surface area contributed by atoms with Gasteiger partial charge in [-0.2, -0.15) is 0 Å². The van der Waals surface area contributed by atoms with Crippen molar-refractivity contribution in [3.63, 3.8) is 0 Å². The largest absolute Gasteiger partial charge is 0.300 e. The van der Waals surface area contributed by atoms with Crippen LogP contribution in [0.4, 0.5) is 0 Å². The van der Waals surface area contributed by atoms with Gasteiger partial charge in [-0.15, -0.1) is 0 Å². The number of Topliss-reactive ketones (excluding diaryl/α,β-unsaturated/α-hetero) is 1. The third kappa shape index (κ3) is 1.79. The van der Waals surface area contributed by atoms with Gasteiger partial charge in [-0.25, -0.2) is 0 Å². The van der Waals surface area contributed by atoms with Crippen molar-refractivity contribution in [2.45, 2.75) is 58.3 Å². The van der Waals surface area contributed by atoms with Gasteiger partial charge >= 0.3 is 0 Å². The molecule has 0 amide bonds. The molecule has 0 saturated heterocycles. The lowest BCUT2D eigenvalue weighted by atomic mass is 9.68. The predicted molar refractivity (Wildman–Crippen MR) is 53.5 cm³/mol. The molecule has 13 heavy (non-hydrogen) atoms. The van der Waals surface area contributed by atoms with Crippen LogP contribution in [0, 0.1) is 11.3 Å². The molecule has 1 nitrogen and oxygen atoms in total. The highest BCUT2D eigenvalue weighted by Gasteiger charge is 2.39. The van der Waals surface area contributed by atoms with Gasteiger partial charge in [-0.1, -0.05) is 19.3 Å². The summed E-state index contributed by atoms with van der Waals surface area (Å²) in [6, 6.07) is 0. The van der Waals surface area contributed by atoms with Crippen molar-refractivity contribution < 1.29 is 4.79 Å². The Morgan fingerprint density at radius 3 is 2.38 bits per heavy atom. The van der Waals surface area contributed by atoms with Crippen LogP contribution in [0.15, 0.2) is 0 Å². The molecule has 1 heteroatoms. The maximum absolute atomic E-state index is 11.3. The molecule has 2 rings (SSSR count). The topological polar surface area (TPSA) is 17.1 Å². The van der Waals surface area contributed by atoms with Gasteiger partial charge in [0.1, 0.15) is 5.78 Å². The van der Waals surface area contributed by atoms with Gasteiger partial charge < -0.3 is 0 Å². The van der Waals surface area contributed by atoms with E-state index in [2.05, 4.69) is 0 Å². The molecule has 74 valence electrons.